The van der Waals surface area contributed by atoms with Crippen LogP contribution in [0.15, 0.2) is 78.0 Å². The van der Waals surface area contributed by atoms with Gasteiger partial charge in [0, 0.05) is 47.7 Å². The first kappa shape index (κ1) is 23.6. The van der Waals surface area contributed by atoms with E-state index in [4.69, 9.17) is 4.99 Å². The van der Waals surface area contributed by atoms with Crippen molar-refractivity contribution in [2.24, 2.45) is 10.4 Å². The summed E-state index contributed by atoms with van der Waals surface area (Å²) < 4.78 is 0. The third kappa shape index (κ3) is 4.25. The summed E-state index contributed by atoms with van der Waals surface area (Å²) in [6.45, 7) is 1.98. The highest BCUT2D eigenvalue weighted by Crippen LogP contribution is 2.57. The molecule has 3 aliphatic carbocycles. The molecule has 2 heterocycles. The minimum absolute atomic E-state index is 0.0816. The predicted octanol–water partition coefficient (Wildman–Crippen LogP) is 4.84. The van der Waals surface area contributed by atoms with Gasteiger partial charge in [0.1, 0.15) is 5.78 Å². The maximum atomic E-state index is 13.6. The third-order valence-corrected chi connectivity index (χ3v) is 8.76. The van der Waals surface area contributed by atoms with Gasteiger partial charge in [-0.05, 0) is 47.4 Å². The molecule has 37 heavy (non-hydrogen) atoms. The highest BCUT2D eigenvalue weighted by Gasteiger charge is 2.54. The molecule has 1 saturated carbocycles. The molecular weight excluding hydrogens is 484 g/mol. The molecule has 1 aliphatic heterocycles. The van der Waals surface area contributed by atoms with Gasteiger partial charge in [0.05, 0.1) is 11.5 Å². The topological polar surface area (TPSA) is 101 Å². The Labute approximate surface area is 219 Å². The number of amides is 2. The molecule has 4 unspecified atom stereocenters. The monoisotopic (exact) mass is 510 g/mol. The summed E-state index contributed by atoms with van der Waals surface area (Å²) in [4.78, 5) is 47.7. The second-order valence-electron chi connectivity index (χ2n) is 10.1. The normalized spacial score (nSPS) is 25.8. The van der Waals surface area contributed by atoms with Crippen LogP contribution in [0.25, 0.3) is 0 Å². The number of rotatable bonds is 4. The van der Waals surface area contributed by atoms with Gasteiger partial charge in [0.15, 0.2) is 5.17 Å². The highest BCUT2D eigenvalue weighted by atomic mass is 32.2. The number of aliphatic imine (C=N–C) groups is 1. The predicted molar refractivity (Wildman–Crippen MR) is 144 cm³/mol. The van der Waals surface area contributed by atoms with Crippen LogP contribution < -0.4 is 10.6 Å². The van der Waals surface area contributed by atoms with Crippen LogP contribution in [0, 0.1) is 5.41 Å². The number of Topliss-reactive ketones (excluding diaryl/α,β-unsaturated/α-hetero) is 1. The van der Waals surface area contributed by atoms with Gasteiger partial charge in [0.2, 0.25) is 5.91 Å². The molecule has 0 radical (unpaired) electrons. The molecule has 186 valence electrons. The fourth-order valence-corrected chi connectivity index (χ4v) is 6.71. The van der Waals surface area contributed by atoms with Gasteiger partial charge < -0.3 is 10.6 Å². The van der Waals surface area contributed by atoms with Crippen molar-refractivity contribution in [1.82, 2.24) is 10.3 Å². The zero-order valence-electron chi connectivity index (χ0n) is 20.3. The summed E-state index contributed by atoms with van der Waals surface area (Å²) in [5.74, 6) is 0.279. The second-order valence-corrected chi connectivity index (χ2v) is 11.1. The van der Waals surface area contributed by atoms with E-state index in [0.717, 1.165) is 16.7 Å². The summed E-state index contributed by atoms with van der Waals surface area (Å²) in [5, 5.41) is 6.53. The van der Waals surface area contributed by atoms with Crippen molar-refractivity contribution in [2.45, 2.75) is 37.6 Å². The van der Waals surface area contributed by atoms with E-state index in [0.29, 0.717) is 35.0 Å². The molecule has 8 heteroatoms. The minimum atomic E-state index is -0.668. The van der Waals surface area contributed by atoms with Crippen LogP contribution in [0.4, 0.5) is 5.69 Å². The Bertz CT molecular complexity index is 1440. The number of benzene rings is 2. The molecule has 7 rings (SSSR count). The summed E-state index contributed by atoms with van der Waals surface area (Å²) in [6, 6.07) is 18.8. The number of anilines is 1. The minimum Gasteiger partial charge on any atom is -0.322 e. The second kappa shape index (κ2) is 9.27. The van der Waals surface area contributed by atoms with E-state index in [2.05, 4.69) is 21.7 Å². The Morgan fingerprint density at radius 3 is 2.59 bits per heavy atom. The Hall–Kier alpha value is -3.78. The summed E-state index contributed by atoms with van der Waals surface area (Å²) in [5.41, 5.74) is 3.67. The highest BCUT2D eigenvalue weighted by molar-refractivity contribution is 8.14. The van der Waals surface area contributed by atoms with E-state index in [-0.39, 0.29) is 35.5 Å². The molecule has 2 N–H and O–H groups in total. The van der Waals surface area contributed by atoms with Gasteiger partial charge in [0.25, 0.3) is 5.91 Å². The standard InChI is InChI=1S/C29H26N4O3S/c1-29(15-22-20-7-2-3-8-21(20)23(29)14-25(22)34)27(36)33-28-32-24(16-37-28)17-5-4-6-18(13-17)26(35)31-19-9-11-30-12-10-19/h2-13,22-24H,14-16H2,1H3,(H,30,31,35)(H,32,33,36). The number of carbonyl (C=O) groups is 3. The van der Waals surface area contributed by atoms with Gasteiger partial charge in [-0.1, -0.05) is 55.1 Å². The van der Waals surface area contributed by atoms with E-state index in [1.165, 1.54) is 11.8 Å². The smallest absolute Gasteiger partial charge is 0.255 e. The van der Waals surface area contributed by atoms with Crippen molar-refractivity contribution in [3.8, 4) is 0 Å². The number of nitrogens with one attached hydrogen (secondary N) is 2. The molecular formula is C29H26N4O3S. The molecule has 4 aliphatic rings. The number of amidine groups is 1. The molecule has 7 nitrogen and oxygen atoms in total. The van der Waals surface area contributed by atoms with E-state index in [9.17, 15) is 14.4 Å². The number of ketones is 1. The van der Waals surface area contributed by atoms with Gasteiger partial charge in [-0.2, -0.15) is 0 Å². The van der Waals surface area contributed by atoms with E-state index in [1.807, 2.05) is 43.3 Å². The van der Waals surface area contributed by atoms with E-state index in [1.54, 1.807) is 30.6 Å². The average Bonchev–Trinajstić information content (AvgIpc) is 3.39. The molecule has 0 spiro atoms. The first-order chi connectivity index (χ1) is 17.9. The zero-order chi connectivity index (χ0) is 25.6. The van der Waals surface area contributed by atoms with Gasteiger partial charge in [-0.15, -0.1) is 0 Å². The van der Waals surface area contributed by atoms with Crippen molar-refractivity contribution in [1.29, 1.82) is 0 Å². The Morgan fingerprint density at radius 2 is 1.78 bits per heavy atom. The number of fused-ring (bicyclic) bond motifs is 2. The fourth-order valence-electron chi connectivity index (χ4n) is 5.76. The van der Waals surface area contributed by atoms with Crippen LogP contribution >= 0.6 is 11.8 Å². The number of pyridine rings is 1. The molecule has 0 saturated heterocycles. The number of hydrogen-bond donors (Lipinski definition) is 2. The SMILES string of the molecule is CC1(C(=O)NC2=NC(c3cccc(C(=O)Nc4ccncc4)c3)CS2)CC2C(=O)CC1c1ccccc12. The lowest BCUT2D eigenvalue weighted by Gasteiger charge is -2.48. The first-order valence-corrected chi connectivity index (χ1v) is 13.4. The molecule has 3 aromatic rings. The van der Waals surface area contributed by atoms with Crippen LogP contribution in [0.5, 0.6) is 0 Å². The largest absolute Gasteiger partial charge is 0.322 e. The molecule has 2 amide bonds. The summed E-state index contributed by atoms with van der Waals surface area (Å²) in [7, 11) is 0. The Balaban J connectivity index is 1.17. The first-order valence-electron chi connectivity index (χ1n) is 12.4. The van der Waals surface area contributed by atoms with Gasteiger partial charge >= 0.3 is 0 Å². The number of hydrogen-bond acceptors (Lipinski definition) is 6. The van der Waals surface area contributed by atoms with Crippen LogP contribution in [-0.2, 0) is 9.59 Å². The molecule has 1 fully saturated rings. The number of nitrogens with zero attached hydrogens (tertiary/aromatic N) is 2. The molecule has 1 aromatic heterocycles. The van der Waals surface area contributed by atoms with E-state index < -0.39 is 5.41 Å². The molecule has 2 aromatic carbocycles. The number of carbonyl (C=O) groups excluding carboxylic acids is 3. The number of thioether (sulfide) groups is 1. The fraction of sp³-hybridized carbons (Fsp3) is 0.276. The van der Waals surface area contributed by atoms with Crippen LogP contribution in [0.1, 0.15) is 64.7 Å². The average molecular weight is 511 g/mol. The maximum Gasteiger partial charge on any atom is 0.255 e. The zero-order valence-corrected chi connectivity index (χ0v) is 21.1. The van der Waals surface area contributed by atoms with Crippen molar-refractivity contribution in [2.75, 3.05) is 11.1 Å². The van der Waals surface area contributed by atoms with Gasteiger partial charge in [-0.3, -0.25) is 24.4 Å². The van der Waals surface area contributed by atoms with Crippen LogP contribution in [0.3, 0.4) is 0 Å². The molecule has 2 bridgehead atoms. The maximum absolute atomic E-state index is 13.6. The van der Waals surface area contributed by atoms with Crippen molar-refractivity contribution in [3.63, 3.8) is 0 Å². The Morgan fingerprint density at radius 1 is 1.00 bits per heavy atom. The van der Waals surface area contributed by atoms with E-state index >= 15 is 0 Å². The van der Waals surface area contributed by atoms with Gasteiger partial charge in [-0.25, -0.2) is 0 Å². The lowest BCUT2D eigenvalue weighted by Crippen LogP contribution is -2.51. The summed E-state index contributed by atoms with van der Waals surface area (Å²) in [6.07, 6.45) is 4.18. The van der Waals surface area contributed by atoms with Crippen molar-refractivity contribution < 1.29 is 14.4 Å². The lowest BCUT2D eigenvalue weighted by molar-refractivity contribution is -0.137. The molecule has 4 atom stereocenters. The Kier molecular flexibility index (Phi) is 5.91. The number of aromatic nitrogens is 1. The van der Waals surface area contributed by atoms with Crippen LogP contribution in [-0.4, -0.2) is 33.5 Å². The summed E-state index contributed by atoms with van der Waals surface area (Å²) >= 11 is 1.50. The quantitative estimate of drug-likeness (QED) is 0.523. The van der Waals surface area contributed by atoms with Crippen molar-refractivity contribution >= 4 is 40.2 Å². The van der Waals surface area contributed by atoms with Crippen molar-refractivity contribution in [3.05, 3.63) is 95.3 Å². The third-order valence-electron chi connectivity index (χ3n) is 7.80. The lowest BCUT2D eigenvalue weighted by atomic mass is 9.54. The van der Waals surface area contributed by atoms with Crippen LogP contribution in [0.2, 0.25) is 0 Å².